The predicted molar refractivity (Wildman–Crippen MR) is 109 cm³/mol. The van der Waals surface area contributed by atoms with Gasteiger partial charge in [-0.3, -0.25) is 4.79 Å². The summed E-state index contributed by atoms with van der Waals surface area (Å²) in [6.45, 7) is 4.86. The Morgan fingerprint density at radius 2 is 2.03 bits per heavy atom. The molecule has 29 heavy (non-hydrogen) atoms. The van der Waals surface area contributed by atoms with Crippen LogP contribution in [-0.2, 0) is 4.79 Å². The first kappa shape index (κ1) is 19.3. The zero-order valence-electron chi connectivity index (χ0n) is 16.2. The van der Waals surface area contributed by atoms with Crippen LogP contribution in [0.5, 0.6) is 11.5 Å². The van der Waals surface area contributed by atoms with Crippen LogP contribution in [0.3, 0.4) is 0 Å². The van der Waals surface area contributed by atoms with Crippen LogP contribution in [-0.4, -0.2) is 51.1 Å². The van der Waals surface area contributed by atoms with Crippen LogP contribution in [0.15, 0.2) is 47.6 Å². The molecule has 0 spiro atoms. The van der Waals surface area contributed by atoms with Gasteiger partial charge in [0.15, 0.2) is 11.5 Å². The Balaban J connectivity index is 1.30. The number of hydrogen-bond donors (Lipinski definition) is 1. The number of aromatic nitrogens is 4. The van der Waals surface area contributed by atoms with E-state index in [1.807, 2.05) is 49.4 Å². The molecule has 2 aromatic carbocycles. The number of nitrogens with one attached hydrogen (secondary N) is 1. The summed E-state index contributed by atoms with van der Waals surface area (Å²) < 4.78 is 13.1. The van der Waals surface area contributed by atoms with Gasteiger partial charge in [0, 0.05) is 0 Å². The van der Waals surface area contributed by atoms with Gasteiger partial charge in [0.25, 0.3) is 0 Å². The first-order valence-electron chi connectivity index (χ1n) is 9.24. The summed E-state index contributed by atoms with van der Waals surface area (Å²) in [5.41, 5.74) is 3.22. The number of benzene rings is 2. The Bertz CT molecular complexity index is 1020. The van der Waals surface area contributed by atoms with Gasteiger partial charge in [-0.2, -0.15) is 4.68 Å². The highest BCUT2D eigenvalue weighted by Gasteiger charge is 2.21. The molecule has 0 saturated heterocycles. The second kappa shape index (κ2) is 8.52. The Morgan fingerprint density at radius 1 is 1.21 bits per heavy atom. The summed E-state index contributed by atoms with van der Waals surface area (Å²) in [4.78, 5) is 12.3. The van der Waals surface area contributed by atoms with Crippen LogP contribution in [0.1, 0.15) is 11.1 Å². The SMILES string of the molecule is Cc1ccc(-n2nnnc2SCC(=O)NC[C@@H]2COc3ccccc3O2)cc1C. The van der Waals surface area contributed by atoms with Gasteiger partial charge in [-0.05, 0) is 59.7 Å². The van der Waals surface area contributed by atoms with Gasteiger partial charge >= 0.3 is 0 Å². The van der Waals surface area contributed by atoms with Crippen molar-refractivity contribution in [2.45, 2.75) is 25.1 Å². The number of aryl methyl sites for hydroxylation is 2. The number of carbonyl (C=O) groups is 1. The largest absolute Gasteiger partial charge is 0.486 e. The number of thioether (sulfide) groups is 1. The second-order valence-corrected chi connectivity index (χ2v) is 7.67. The monoisotopic (exact) mass is 411 g/mol. The highest BCUT2D eigenvalue weighted by molar-refractivity contribution is 7.99. The lowest BCUT2D eigenvalue weighted by atomic mass is 10.1. The topological polar surface area (TPSA) is 91.2 Å². The normalized spacial score (nSPS) is 15.2. The van der Waals surface area contributed by atoms with E-state index in [0.717, 1.165) is 17.0 Å². The lowest BCUT2D eigenvalue weighted by molar-refractivity contribution is -0.119. The molecule has 0 fully saturated rings. The molecule has 4 rings (SSSR count). The standard InChI is InChI=1S/C20H21N5O3S/c1-13-7-8-15(9-14(13)2)25-20(22-23-24-25)29-12-19(26)21-10-16-11-27-17-5-3-4-6-18(17)28-16/h3-9,16H,10-12H2,1-2H3,(H,21,26)/t16-/m1/s1. The molecule has 0 aliphatic carbocycles. The molecule has 1 aromatic heterocycles. The second-order valence-electron chi connectivity index (χ2n) is 6.73. The minimum absolute atomic E-state index is 0.118. The average Bonchev–Trinajstić information content (AvgIpc) is 3.21. The number of rotatable bonds is 6. The number of amides is 1. The van der Waals surface area contributed by atoms with E-state index in [1.165, 1.54) is 17.3 Å². The minimum atomic E-state index is -0.222. The molecule has 1 atom stereocenters. The third-order valence-corrected chi connectivity index (χ3v) is 5.52. The molecule has 9 heteroatoms. The van der Waals surface area contributed by atoms with Crippen molar-refractivity contribution in [1.82, 2.24) is 25.5 Å². The maximum Gasteiger partial charge on any atom is 0.230 e. The summed E-state index contributed by atoms with van der Waals surface area (Å²) in [6, 6.07) is 13.5. The van der Waals surface area contributed by atoms with E-state index in [4.69, 9.17) is 9.47 Å². The maximum absolute atomic E-state index is 12.3. The van der Waals surface area contributed by atoms with Crippen LogP contribution in [0.2, 0.25) is 0 Å². The van der Waals surface area contributed by atoms with Crippen LogP contribution < -0.4 is 14.8 Å². The van der Waals surface area contributed by atoms with E-state index in [1.54, 1.807) is 4.68 Å². The van der Waals surface area contributed by atoms with Crippen molar-refractivity contribution in [3.8, 4) is 17.2 Å². The minimum Gasteiger partial charge on any atom is -0.486 e. The van der Waals surface area contributed by atoms with Crippen LogP contribution in [0.4, 0.5) is 0 Å². The van der Waals surface area contributed by atoms with Gasteiger partial charge in [0.2, 0.25) is 11.1 Å². The van der Waals surface area contributed by atoms with E-state index < -0.39 is 0 Å². The highest BCUT2D eigenvalue weighted by Crippen LogP contribution is 2.30. The summed E-state index contributed by atoms with van der Waals surface area (Å²) in [7, 11) is 0. The van der Waals surface area contributed by atoms with E-state index in [9.17, 15) is 4.79 Å². The molecular formula is C20H21N5O3S. The van der Waals surface area contributed by atoms with Gasteiger partial charge in [-0.25, -0.2) is 0 Å². The first-order valence-corrected chi connectivity index (χ1v) is 10.2. The van der Waals surface area contributed by atoms with Crippen molar-refractivity contribution in [1.29, 1.82) is 0 Å². The zero-order chi connectivity index (χ0) is 20.2. The van der Waals surface area contributed by atoms with Crippen LogP contribution >= 0.6 is 11.8 Å². The molecule has 150 valence electrons. The Kier molecular flexibility index (Phi) is 5.66. The first-order chi connectivity index (χ1) is 14.1. The molecule has 3 aromatic rings. The smallest absolute Gasteiger partial charge is 0.230 e. The van der Waals surface area contributed by atoms with Gasteiger partial charge < -0.3 is 14.8 Å². The zero-order valence-corrected chi connectivity index (χ0v) is 17.0. The molecule has 1 aliphatic heterocycles. The number of fused-ring (bicyclic) bond motifs is 1. The fourth-order valence-corrected chi connectivity index (χ4v) is 3.58. The molecule has 1 amide bonds. The summed E-state index contributed by atoms with van der Waals surface area (Å²) in [5, 5.41) is 15.3. The van der Waals surface area contributed by atoms with Gasteiger partial charge in [-0.1, -0.05) is 30.0 Å². The van der Waals surface area contributed by atoms with Crippen LogP contribution in [0, 0.1) is 13.8 Å². The van der Waals surface area contributed by atoms with Gasteiger partial charge in [0.1, 0.15) is 12.7 Å². The Hall–Kier alpha value is -3.07. The lowest BCUT2D eigenvalue weighted by Crippen LogP contribution is -2.41. The van der Waals surface area contributed by atoms with Gasteiger partial charge in [0.05, 0.1) is 18.0 Å². The van der Waals surface area contributed by atoms with Crippen molar-refractivity contribution in [2.24, 2.45) is 0 Å². The number of nitrogens with zero attached hydrogens (tertiary/aromatic N) is 4. The Morgan fingerprint density at radius 3 is 2.86 bits per heavy atom. The lowest BCUT2D eigenvalue weighted by Gasteiger charge is -2.26. The fourth-order valence-electron chi connectivity index (χ4n) is 2.86. The molecule has 8 nitrogen and oxygen atoms in total. The molecule has 0 bridgehead atoms. The van der Waals surface area contributed by atoms with Gasteiger partial charge in [-0.15, -0.1) is 5.10 Å². The number of carbonyl (C=O) groups excluding carboxylic acids is 1. The molecule has 0 unspecified atom stereocenters. The highest BCUT2D eigenvalue weighted by atomic mass is 32.2. The van der Waals surface area contributed by atoms with Crippen molar-refractivity contribution < 1.29 is 14.3 Å². The molecule has 0 radical (unpaired) electrons. The van der Waals surface area contributed by atoms with Crippen molar-refractivity contribution in [2.75, 3.05) is 18.9 Å². The van der Waals surface area contributed by atoms with E-state index in [2.05, 4.69) is 27.8 Å². The van der Waals surface area contributed by atoms with E-state index >= 15 is 0 Å². The van der Waals surface area contributed by atoms with Crippen molar-refractivity contribution >= 4 is 17.7 Å². The molecular weight excluding hydrogens is 390 g/mol. The predicted octanol–water partition coefficient (Wildman–Crippen LogP) is 2.33. The third kappa shape index (κ3) is 4.51. The summed E-state index contributed by atoms with van der Waals surface area (Å²) >= 11 is 1.28. The molecule has 0 saturated carbocycles. The number of para-hydroxylation sites is 2. The molecule has 2 heterocycles. The van der Waals surface area contributed by atoms with E-state index in [0.29, 0.717) is 24.1 Å². The molecule has 1 aliphatic rings. The number of hydrogen-bond acceptors (Lipinski definition) is 7. The summed E-state index contributed by atoms with van der Waals surface area (Å²) in [5.74, 6) is 1.51. The Labute approximate surface area is 172 Å². The van der Waals surface area contributed by atoms with Crippen molar-refractivity contribution in [3.05, 3.63) is 53.6 Å². The van der Waals surface area contributed by atoms with Crippen molar-refractivity contribution in [3.63, 3.8) is 0 Å². The average molecular weight is 411 g/mol. The quantitative estimate of drug-likeness (QED) is 0.623. The fraction of sp³-hybridized carbons (Fsp3) is 0.300. The third-order valence-electron chi connectivity index (χ3n) is 4.60. The van der Waals surface area contributed by atoms with E-state index in [-0.39, 0.29) is 17.8 Å². The number of tetrazole rings is 1. The van der Waals surface area contributed by atoms with Crippen LogP contribution in [0.25, 0.3) is 5.69 Å². The maximum atomic E-state index is 12.3. The molecule has 1 N–H and O–H groups in total. The summed E-state index contributed by atoms with van der Waals surface area (Å²) in [6.07, 6.45) is -0.222. The number of ether oxygens (including phenoxy) is 2.